The Balaban J connectivity index is 1.70. The number of rotatable bonds is 2. The van der Waals surface area contributed by atoms with Gasteiger partial charge in [0.15, 0.2) is 17.1 Å². The van der Waals surface area contributed by atoms with Gasteiger partial charge in [0, 0.05) is 10.6 Å². The number of halogens is 2. The van der Waals surface area contributed by atoms with E-state index in [1.165, 1.54) is 12.1 Å². The van der Waals surface area contributed by atoms with Crippen molar-refractivity contribution in [1.29, 1.82) is 0 Å². The van der Waals surface area contributed by atoms with Gasteiger partial charge in [-0.05, 0) is 48.5 Å². The van der Waals surface area contributed by atoms with Crippen LogP contribution in [0, 0.1) is 5.82 Å². The monoisotopic (exact) mass is 364 g/mol. The van der Waals surface area contributed by atoms with Gasteiger partial charge < -0.3 is 0 Å². The molecule has 0 spiro atoms. The first kappa shape index (κ1) is 15.0. The molecule has 8 heteroatoms. The lowest BCUT2D eigenvalue weighted by atomic mass is 10.2. The lowest BCUT2D eigenvalue weighted by Crippen LogP contribution is -1.99. The summed E-state index contributed by atoms with van der Waals surface area (Å²) in [5, 5.41) is 14.4. The van der Waals surface area contributed by atoms with Crippen molar-refractivity contribution in [2.75, 3.05) is 0 Å². The Morgan fingerprint density at radius 3 is 2.42 bits per heavy atom. The summed E-state index contributed by atoms with van der Waals surface area (Å²) < 4.78 is 16.6. The maximum absolute atomic E-state index is 13.2. The van der Waals surface area contributed by atoms with E-state index in [9.17, 15) is 4.39 Å². The van der Waals surface area contributed by atoms with Crippen LogP contribution < -0.4 is 0 Å². The molecule has 26 heavy (non-hydrogen) atoms. The molecule has 0 saturated heterocycles. The van der Waals surface area contributed by atoms with Crippen LogP contribution in [-0.2, 0) is 0 Å². The van der Waals surface area contributed by atoms with Crippen molar-refractivity contribution >= 4 is 28.3 Å². The van der Waals surface area contributed by atoms with Gasteiger partial charge in [0.1, 0.15) is 12.1 Å². The molecular formula is C18H10ClFN6. The van der Waals surface area contributed by atoms with Gasteiger partial charge in [0.05, 0.1) is 17.3 Å². The van der Waals surface area contributed by atoms with E-state index in [0.717, 1.165) is 16.6 Å². The fraction of sp³-hybridized carbons (Fsp3) is 0. The van der Waals surface area contributed by atoms with Gasteiger partial charge in [-0.25, -0.2) is 14.1 Å². The number of hydrogen-bond acceptors (Lipinski definition) is 4. The van der Waals surface area contributed by atoms with Crippen molar-refractivity contribution in [3.8, 4) is 17.1 Å². The quantitative estimate of drug-likeness (QED) is 0.476. The van der Waals surface area contributed by atoms with E-state index in [0.29, 0.717) is 22.1 Å². The number of benzene rings is 2. The summed E-state index contributed by atoms with van der Waals surface area (Å²) in [7, 11) is 0. The highest BCUT2D eigenvalue weighted by Crippen LogP contribution is 2.25. The zero-order valence-electron chi connectivity index (χ0n) is 13.2. The van der Waals surface area contributed by atoms with Gasteiger partial charge in [-0.3, -0.25) is 4.40 Å². The summed E-state index contributed by atoms with van der Waals surface area (Å²) in [5.74, 6) is 0.367. The minimum absolute atomic E-state index is 0.300. The molecule has 6 nitrogen and oxygen atoms in total. The second kappa shape index (κ2) is 5.60. The van der Waals surface area contributed by atoms with Crippen molar-refractivity contribution < 1.29 is 4.39 Å². The minimum atomic E-state index is -0.300. The first-order chi connectivity index (χ1) is 12.7. The topological polar surface area (TPSA) is 60.9 Å². The minimum Gasteiger partial charge on any atom is -0.265 e. The highest BCUT2D eigenvalue weighted by Gasteiger charge is 2.15. The van der Waals surface area contributed by atoms with Crippen molar-refractivity contribution in [2.24, 2.45) is 0 Å². The third-order valence-electron chi connectivity index (χ3n) is 4.15. The predicted molar refractivity (Wildman–Crippen MR) is 95.8 cm³/mol. The summed E-state index contributed by atoms with van der Waals surface area (Å²) >= 11 is 5.95. The van der Waals surface area contributed by atoms with Gasteiger partial charge >= 0.3 is 0 Å². The Morgan fingerprint density at radius 2 is 1.65 bits per heavy atom. The van der Waals surface area contributed by atoms with Crippen LogP contribution in [0.4, 0.5) is 4.39 Å². The maximum Gasteiger partial charge on any atom is 0.175 e. The number of fused-ring (bicyclic) bond motifs is 3. The van der Waals surface area contributed by atoms with Crippen LogP contribution >= 0.6 is 11.6 Å². The van der Waals surface area contributed by atoms with Gasteiger partial charge in [-0.2, -0.15) is 5.10 Å². The highest BCUT2D eigenvalue weighted by atomic mass is 35.5. The molecule has 0 atom stereocenters. The van der Waals surface area contributed by atoms with E-state index >= 15 is 0 Å². The molecule has 2 aromatic carbocycles. The first-order valence-corrected chi connectivity index (χ1v) is 8.18. The molecule has 5 rings (SSSR count). The van der Waals surface area contributed by atoms with E-state index in [-0.39, 0.29) is 5.82 Å². The highest BCUT2D eigenvalue weighted by molar-refractivity contribution is 6.30. The van der Waals surface area contributed by atoms with Crippen LogP contribution in [-0.4, -0.2) is 29.4 Å². The molecule has 0 N–H and O–H groups in total. The van der Waals surface area contributed by atoms with Gasteiger partial charge in [-0.15, -0.1) is 10.2 Å². The summed E-state index contributed by atoms with van der Waals surface area (Å²) in [6, 6.07) is 13.4. The third-order valence-corrected chi connectivity index (χ3v) is 4.40. The molecule has 0 aliphatic rings. The fourth-order valence-electron chi connectivity index (χ4n) is 2.89. The van der Waals surface area contributed by atoms with Gasteiger partial charge in [0.2, 0.25) is 0 Å². The van der Waals surface area contributed by atoms with Crippen LogP contribution in [0.15, 0.2) is 61.1 Å². The van der Waals surface area contributed by atoms with Crippen LogP contribution in [0.5, 0.6) is 0 Å². The molecule has 0 amide bonds. The Kier molecular flexibility index (Phi) is 3.23. The van der Waals surface area contributed by atoms with E-state index in [1.807, 2.05) is 16.5 Å². The lowest BCUT2D eigenvalue weighted by Gasteiger charge is -2.03. The molecule has 3 heterocycles. The summed E-state index contributed by atoms with van der Waals surface area (Å²) in [4.78, 5) is 4.51. The molecule has 126 valence electrons. The molecule has 0 unspecified atom stereocenters. The van der Waals surface area contributed by atoms with Gasteiger partial charge in [0.25, 0.3) is 0 Å². The Morgan fingerprint density at radius 1 is 0.885 bits per heavy atom. The van der Waals surface area contributed by atoms with Crippen molar-refractivity contribution in [3.05, 3.63) is 71.9 Å². The molecule has 0 saturated carbocycles. The SMILES string of the molecule is Fc1ccc(-n2ncc3c2ncn2c(-c4ccc(Cl)cc4)nnc32)cc1. The van der Waals surface area contributed by atoms with E-state index < -0.39 is 0 Å². The smallest absolute Gasteiger partial charge is 0.175 e. The largest absolute Gasteiger partial charge is 0.265 e. The van der Waals surface area contributed by atoms with E-state index in [4.69, 9.17) is 11.6 Å². The van der Waals surface area contributed by atoms with Crippen molar-refractivity contribution in [2.45, 2.75) is 0 Å². The van der Waals surface area contributed by atoms with Crippen LogP contribution in [0.25, 0.3) is 33.8 Å². The summed E-state index contributed by atoms with van der Waals surface area (Å²) in [5.41, 5.74) is 2.87. The Hall–Kier alpha value is -3.32. The first-order valence-electron chi connectivity index (χ1n) is 7.80. The molecular weight excluding hydrogens is 355 g/mol. The second-order valence-corrected chi connectivity index (χ2v) is 6.18. The molecule has 0 fully saturated rings. The van der Waals surface area contributed by atoms with Crippen LogP contribution in [0.2, 0.25) is 5.02 Å². The lowest BCUT2D eigenvalue weighted by molar-refractivity contribution is 0.627. The van der Waals surface area contributed by atoms with Crippen molar-refractivity contribution in [3.63, 3.8) is 0 Å². The normalized spacial score (nSPS) is 11.5. The fourth-order valence-corrected chi connectivity index (χ4v) is 3.01. The number of aromatic nitrogens is 6. The summed E-state index contributed by atoms with van der Waals surface area (Å²) in [6.07, 6.45) is 3.34. The molecule has 0 aliphatic carbocycles. The molecule has 3 aromatic heterocycles. The third kappa shape index (κ3) is 2.25. The van der Waals surface area contributed by atoms with E-state index in [1.54, 1.807) is 41.5 Å². The Bertz CT molecular complexity index is 1140. The number of nitrogens with zero attached hydrogens (tertiary/aromatic N) is 6. The molecule has 0 aliphatic heterocycles. The average molecular weight is 365 g/mol. The average Bonchev–Trinajstić information content (AvgIpc) is 3.27. The summed E-state index contributed by atoms with van der Waals surface area (Å²) in [6.45, 7) is 0. The Labute approximate surface area is 151 Å². The molecule has 0 radical (unpaired) electrons. The van der Waals surface area contributed by atoms with Crippen LogP contribution in [0.3, 0.4) is 0 Å². The van der Waals surface area contributed by atoms with Gasteiger partial charge in [-0.1, -0.05) is 11.6 Å². The zero-order valence-corrected chi connectivity index (χ0v) is 14.0. The predicted octanol–water partition coefficient (Wildman–Crippen LogP) is 3.92. The molecule has 5 aromatic rings. The molecule has 0 bridgehead atoms. The van der Waals surface area contributed by atoms with Crippen molar-refractivity contribution in [1.82, 2.24) is 29.4 Å². The van der Waals surface area contributed by atoms with Crippen LogP contribution in [0.1, 0.15) is 0 Å². The second-order valence-electron chi connectivity index (χ2n) is 5.74. The van der Waals surface area contributed by atoms with E-state index in [2.05, 4.69) is 20.3 Å². The standard InChI is InChI=1S/C18H10ClFN6/c19-12-3-1-11(2-4-12)16-23-24-18-15-9-22-26(17(15)21-10-25(16)18)14-7-5-13(20)6-8-14/h1-10H. The zero-order chi connectivity index (χ0) is 17.7. The number of hydrogen-bond donors (Lipinski definition) is 0. The maximum atomic E-state index is 13.2.